The van der Waals surface area contributed by atoms with E-state index in [9.17, 15) is 0 Å². The van der Waals surface area contributed by atoms with E-state index in [1.807, 2.05) is 11.6 Å². The van der Waals surface area contributed by atoms with Gasteiger partial charge in [0.2, 0.25) is 0 Å². The van der Waals surface area contributed by atoms with Crippen molar-refractivity contribution in [3.63, 3.8) is 0 Å². The van der Waals surface area contributed by atoms with Crippen molar-refractivity contribution in [2.75, 3.05) is 0 Å². The van der Waals surface area contributed by atoms with Gasteiger partial charge in [0.25, 0.3) is 0 Å². The predicted octanol–water partition coefficient (Wildman–Crippen LogP) is 2.29. The van der Waals surface area contributed by atoms with Gasteiger partial charge in [-0.2, -0.15) is 5.10 Å². The predicted molar refractivity (Wildman–Crippen MR) is 49.2 cm³/mol. The fraction of sp³-hybridized carbons (Fsp3) is 0.778. The maximum Gasteiger partial charge on any atom is 0.153 e. The molecule has 0 bridgehead atoms. The van der Waals surface area contributed by atoms with Crippen LogP contribution in [0.4, 0.5) is 0 Å². The number of nitrogens with zero attached hydrogens (tertiary/aromatic N) is 3. The fourth-order valence-electron chi connectivity index (χ4n) is 1.16. The molecule has 0 radical (unpaired) electrons. The standard InChI is InChI=1S/C9H17N3/c1-6(2)9-10-8(5)12(11-9)7(3)4/h6-7H,1-5H3. The van der Waals surface area contributed by atoms with Crippen LogP contribution in [-0.4, -0.2) is 14.8 Å². The highest BCUT2D eigenvalue weighted by molar-refractivity contribution is 4.96. The SMILES string of the molecule is Cc1nc(C(C)C)nn1C(C)C. The van der Waals surface area contributed by atoms with Crippen LogP contribution in [0.5, 0.6) is 0 Å². The lowest BCUT2D eigenvalue weighted by molar-refractivity contribution is 0.510. The molecule has 0 aromatic carbocycles. The number of rotatable bonds is 2. The molecule has 0 spiro atoms. The van der Waals surface area contributed by atoms with E-state index in [0.717, 1.165) is 11.6 Å². The van der Waals surface area contributed by atoms with Gasteiger partial charge in [-0.15, -0.1) is 0 Å². The maximum absolute atomic E-state index is 4.41. The van der Waals surface area contributed by atoms with Crippen molar-refractivity contribution in [3.8, 4) is 0 Å². The number of hydrogen-bond donors (Lipinski definition) is 0. The van der Waals surface area contributed by atoms with E-state index in [-0.39, 0.29) is 0 Å². The zero-order valence-corrected chi connectivity index (χ0v) is 8.50. The Labute approximate surface area is 73.8 Å². The average molecular weight is 167 g/mol. The van der Waals surface area contributed by atoms with Gasteiger partial charge in [0.1, 0.15) is 5.82 Å². The molecule has 0 saturated heterocycles. The van der Waals surface area contributed by atoms with E-state index < -0.39 is 0 Å². The molecule has 0 unspecified atom stereocenters. The summed E-state index contributed by atoms with van der Waals surface area (Å²) < 4.78 is 1.97. The van der Waals surface area contributed by atoms with E-state index in [0.29, 0.717) is 12.0 Å². The highest BCUT2D eigenvalue weighted by Crippen LogP contribution is 2.12. The first-order valence-corrected chi connectivity index (χ1v) is 4.45. The lowest BCUT2D eigenvalue weighted by Crippen LogP contribution is -2.05. The van der Waals surface area contributed by atoms with Gasteiger partial charge >= 0.3 is 0 Å². The molecule has 0 fully saturated rings. The van der Waals surface area contributed by atoms with Crippen LogP contribution in [0.3, 0.4) is 0 Å². The third-order valence-electron chi connectivity index (χ3n) is 1.82. The van der Waals surface area contributed by atoms with Crippen molar-refractivity contribution in [1.82, 2.24) is 14.8 Å². The molecule has 1 aromatic rings. The van der Waals surface area contributed by atoms with E-state index in [1.54, 1.807) is 0 Å². The zero-order chi connectivity index (χ0) is 9.30. The topological polar surface area (TPSA) is 30.7 Å². The minimum absolute atomic E-state index is 0.407. The Bertz CT molecular complexity index is 261. The van der Waals surface area contributed by atoms with Gasteiger partial charge in [0.15, 0.2) is 5.82 Å². The van der Waals surface area contributed by atoms with Crippen LogP contribution in [0.1, 0.15) is 51.3 Å². The summed E-state index contributed by atoms with van der Waals surface area (Å²) in [6.45, 7) is 10.5. The largest absolute Gasteiger partial charge is 0.248 e. The smallest absolute Gasteiger partial charge is 0.153 e. The second-order valence-electron chi connectivity index (χ2n) is 3.71. The lowest BCUT2D eigenvalue weighted by Gasteiger charge is -2.05. The highest BCUT2D eigenvalue weighted by Gasteiger charge is 2.10. The Hall–Kier alpha value is -0.860. The van der Waals surface area contributed by atoms with Crippen molar-refractivity contribution >= 4 is 0 Å². The van der Waals surface area contributed by atoms with Gasteiger partial charge in [0, 0.05) is 12.0 Å². The van der Waals surface area contributed by atoms with Crippen LogP contribution in [0.15, 0.2) is 0 Å². The zero-order valence-electron chi connectivity index (χ0n) is 8.50. The second-order valence-corrected chi connectivity index (χ2v) is 3.71. The van der Waals surface area contributed by atoms with Crippen molar-refractivity contribution in [1.29, 1.82) is 0 Å². The highest BCUT2D eigenvalue weighted by atomic mass is 15.4. The minimum Gasteiger partial charge on any atom is -0.248 e. The van der Waals surface area contributed by atoms with Crippen LogP contribution < -0.4 is 0 Å². The first-order valence-electron chi connectivity index (χ1n) is 4.45. The molecule has 0 N–H and O–H groups in total. The second kappa shape index (κ2) is 3.25. The summed E-state index contributed by atoms with van der Waals surface area (Å²) in [4.78, 5) is 4.38. The Balaban J connectivity index is 3.00. The minimum atomic E-state index is 0.407. The van der Waals surface area contributed by atoms with E-state index in [1.165, 1.54) is 0 Å². The summed E-state index contributed by atoms with van der Waals surface area (Å²) in [5.74, 6) is 2.37. The summed E-state index contributed by atoms with van der Waals surface area (Å²) >= 11 is 0. The van der Waals surface area contributed by atoms with Crippen LogP contribution >= 0.6 is 0 Å². The summed E-state index contributed by atoms with van der Waals surface area (Å²) in [6.07, 6.45) is 0. The molecule has 0 aliphatic rings. The first-order chi connectivity index (χ1) is 5.52. The summed E-state index contributed by atoms with van der Waals surface area (Å²) in [5, 5.41) is 4.41. The molecular weight excluding hydrogens is 150 g/mol. The van der Waals surface area contributed by atoms with E-state index in [2.05, 4.69) is 37.8 Å². The molecule has 3 heteroatoms. The van der Waals surface area contributed by atoms with Gasteiger partial charge in [-0.3, -0.25) is 0 Å². The van der Waals surface area contributed by atoms with E-state index in [4.69, 9.17) is 0 Å². The number of hydrogen-bond acceptors (Lipinski definition) is 2. The van der Waals surface area contributed by atoms with Crippen molar-refractivity contribution in [2.45, 2.75) is 46.6 Å². The van der Waals surface area contributed by atoms with Crippen LogP contribution in [-0.2, 0) is 0 Å². The molecule has 0 saturated carbocycles. The van der Waals surface area contributed by atoms with Crippen LogP contribution in [0, 0.1) is 6.92 Å². The lowest BCUT2D eigenvalue weighted by atomic mass is 10.2. The average Bonchev–Trinajstić information content (AvgIpc) is 2.30. The van der Waals surface area contributed by atoms with Crippen molar-refractivity contribution in [3.05, 3.63) is 11.6 Å². The third kappa shape index (κ3) is 1.65. The fourth-order valence-corrected chi connectivity index (χ4v) is 1.16. The molecule has 0 atom stereocenters. The quantitative estimate of drug-likeness (QED) is 0.676. The van der Waals surface area contributed by atoms with Gasteiger partial charge in [-0.05, 0) is 20.8 Å². The van der Waals surface area contributed by atoms with Gasteiger partial charge in [-0.1, -0.05) is 13.8 Å². The molecule has 0 aliphatic carbocycles. The maximum atomic E-state index is 4.41. The molecule has 1 heterocycles. The van der Waals surface area contributed by atoms with Crippen LogP contribution in [0.25, 0.3) is 0 Å². The first kappa shape index (κ1) is 9.23. The Morgan fingerprint density at radius 1 is 1.17 bits per heavy atom. The summed E-state index contributed by atoms with van der Waals surface area (Å²) in [7, 11) is 0. The number of aryl methyl sites for hydroxylation is 1. The number of aromatic nitrogens is 3. The molecular formula is C9H17N3. The van der Waals surface area contributed by atoms with Crippen molar-refractivity contribution in [2.24, 2.45) is 0 Å². The molecule has 0 amide bonds. The Morgan fingerprint density at radius 2 is 1.75 bits per heavy atom. The van der Waals surface area contributed by atoms with Crippen molar-refractivity contribution < 1.29 is 0 Å². The monoisotopic (exact) mass is 167 g/mol. The summed E-state index contributed by atoms with van der Waals surface area (Å²) in [6, 6.07) is 0.407. The normalized spacial score (nSPS) is 11.6. The Kier molecular flexibility index (Phi) is 2.50. The molecule has 3 nitrogen and oxygen atoms in total. The van der Waals surface area contributed by atoms with Gasteiger partial charge < -0.3 is 0 Å². The van der Waals surface area contributed by atoms with Gasteiger partial charge in [0.05, 0.1) is 0 Å². The molecule has 68 valence electrons. The van der Waals surface area contributed by atoms with Gasteiger partial charge in [-0.25, -0.2) is 9.67 Å². The molecule has 0 aliphatic heterocycles. The third-order valence-corrected chi connectivity index (χ3v) is 1.82. The van der Waals surface area contributed by atoms with E-state index >= 15 is 0 Å². The molecule has 1 aromatic heterocycles. The molecule has 1 rings (SSSR count). The van der Waals surface area contributed by atoms with Crippen LogP contribution in [0.2, 0.25) is 0 Å². The molecule has 12 heavy (non-hydrogen) atoms. The summed E-state index contributed by atoms with van der Waals surface area (Å²) in [5.41, 5.74) is 0. The Morgan fingerprint density at radius 3 is 2.00 bits per heavy atom.